The summed E-state index contributed by atoms with van der Waals surface area (Å²) in [5.74, 6) is -1.59. The molecule has 27 heavy (non-hydrogen) atoms. The second-order valence-electron chi connectivity index (χ2n) is 5.58. The largest absolute Gasteiger partial charge is 0.493 e. The van der Waals surface area contributed by atoms with Gasteiger partial charge >= 0.3 is 5.97 Å². The van der Waals surface area contributed by atoms with Gasteiger partial charge < -0.3 is 9.84 Å². The molecule has 1 aromatic carbocycles. The summed E-state index contributed by atoms with van der Waals surface area (Å²) in [5, 5.41) is 22.0. The minimum absolute atomic E-state index is 0.0166. The Hall–Kier alpha value is -2.92. The van der Waals surface area contributed by atoms with Crippen LogP contribution in [0.2, 0.25) is 0 Å². The zero-order chi connectivity index (χ0) is 19.7. The number of nitrogens with zero attached hydrogens (tertiary/aromatic N) is 3. The molecule has 0 saturated carbocycles. The third-order valence-corrected chi connectivity index (χ3v) is 5.20. The van der Waals surface area contributed by atoms with Crippen molar-refractivity contribution in [2.45, 2.75) is 19.9 Å². The van der Waals surface area contributed by atoms with Crippen LogP contribution in [-0.4, -0.2) is 33.1 Å². The first-order valence-corrected chi connectivity index (χ1v) is 9.06. The lowest BCUT2D eigenvalue weighted by Crippen LogP contribution is -2.23. The number of carbonyl (C=O) groups excluding carboxylic acids is 2. The standard InChI is InChI=1S/C16H13N3O6S2/c1-2-5-25-11(20)7-18-15(22)13(27-16(18)26)12-9-6-8(19(23)24)3-4-10(9)17-14(12)21/h3-4,6,22H,2,5,7H2,1H3. The maximum Gasteiger partial charge on any atom is 0.326 e. The molecule has 1 amide bonds. The van der Waals surface area contributed by atoms with Gasteiger partial charge in [-0.15, -0.1) is 11.3 Å². The van der Waals surface area contributed by atoms with E-state index in [1.165, 1.54) is 18.2 Å². The van der Waals surface area contributed by atoms with E-state index in [2.05, 4.69) is 4.99 Å². The fourth-order valence-electron chi connectivity index (χ4n) is 2.53. The zero-order valence-electron chi connectivity index (χ0n) is 14.0. The van der Waals surface area contributed by atoms with E-state index in [1.54, 1.807) is 0 Å². The van der Waals surface area contributed by atoms with Gasteiger partial charge in [0.25, 0.3) is 11.6 Å². The first-order chi connectivity index (χ1) is 12.8. The summed E-state index contributed by atoms with van der Waals surface area (Å²) in [6, 6.07) is 3.84. The number of hydrogen-bond donors (Lipinski definition) is 1. The molecule has 140 valence electrons. The molecule has 0 fully saturated rings. The maximum absolute atomic E-state index is 12.3. The van der Waals surface area contributed by atoms with Crippen LogP contribution in [-0.2, 0) is 20.9 Å². The Bertz CT molecular complexity index is 1150. The third kappa shape index (κ3) is 3.51. The molecule has 1 aliphatic heterocycles. The van der Waals surface area contributed by atoms with Gasteiger partial charge in [0, 0.05) is 17.4 Å². The number of benzene rings is 1. The topological polar surface area (TPSA) is 124 Å². The van der Waals surface area contributed by atoms with Crippen molar-refractivity contribution in [1.82, 2.24) is 4.57 Å². The van der Waals surface area contributed by atoms with Crippen LogP contribution in [0.1, 0.15) is 18.2 Å². The minimum atomic E-state index is -0.641. The van der Waals surface area contributed by atoms with Crippen molar-refractivity contribution in [1.29, 1.82) is 0 Å². The van der Waals surface area contributed by atoms with Crippen LogP contribution in [0.25, 0.3) is 5.57 Å². The normalized spacial score (nSPS) is 12.6. The molecule has 0 unspecified atom stereocenters. The van der Waals surface area contributed by atoms with Crippen molar-refractivity contribution in [3.63, 3.8) is 0 Å². The number of nitro benzene ring substituents is 1. The van der Waals surface area contributed by atoms with E-state index in [1.807, 2.05) is 6.92 Å². The zero-order valence-corrected chi connectivity index (χ0v) is 15.6. The van der Waals surface area contributed by atoms with Crippen LogP contribution in [0.5, 0.6) is 5.88 Å². The number of aromatic hydroxyl groups is 1. The lowest BCUT2D eigenvalue weighted by Gasteiger charge is -2.05. The Morgan fingerprint density at radius 2 is 2.22 bits per heavy atom. The molecule has 1 N–H and O–H groups in total. The van der Waals surface area contributed by atoms with E-state index < -0.39 is 16.8 Å². The molecule has 1 aromatic heterocycles. The van der Waals surface area contributed by atoms with Crippen molar-refractivity contribution in [3.8, 4) is 5.88 Å². The van der Waals surface area contributed by atoms with Crippen molar-refractivity contribution < 1.29 is 24.4 Å². The summed E-state index contributed by atoms with van der Waals surface area (Å²) >= 11 is 6.10. The second-order valence-corrected chi connectivity index (χ2v) is 7.22. The maximum atomic E-state index is 12.3. The summed E-state index contributed by atoms with van der Waals surface area (Å²) in [7, 11) is 0. The molecule has 0 saturated heterocycles. The monoisotopic (exact) mass is 407 g/mol. The quantitative estimate of drug-likeness (QED) is 0.330. The molecule has 1 aliphatic rings. The van der Waals surface area contributed by atoms with Gasteiger partial charge in [-0.1, -0.05) is 6.92 Å². The minimum Gasteiger partial charge on any atom is -0.493 e. The Balaban J connectivity index is 2.12. The van der Waals surface area contributed by atoms with Crippen LogP contribution in [0.3, 0.4) is 0 Å². The smallest absolute Gasteiger partial charge is 0.326 e. The Kier molecular flexibility index (Phi) is 5.15. The van der Waals surface area contributed by atoms with Crippen molar-refractivity contribution in [2.75, 3.05) is 6.61 Å². The highest BCUT2D eigenvalue weighted by atomic mass is 32.1. The van der Waals surface area contributed by atoms with Gasteiger partial charge in [0.05, 0.1) is 22.5 Å². The molecular formula is C16H13N3O6S2. The summed E-state index contributed by atoms with van der Waals surface area (Å²) in [6.07, 6.45) is 0.654. The van der Waals surface area contributed by atoms with Gasteiger partial charge in [-0.25, -0.2) is 4.99 Å². The molecule has 0 bridgehead atoms. The number of ether oxygens (including phenoxy) is 1. The van der Waals surface area contributed by atoms with Crippen LogP contribution in [0.4, 0.5) is 5.69 Å². The number of fused-ring (bicyclic) bond motifs is 1. The molecule has 0 radical (unpaired) electrons. The molecule has 0 spiro atoms. The highest BCUT2D eigenvalue weighted by molar-refractivity contribution is 7.73. The van der Waals surface area contributed by atoms with Crippen molar-refractivity contribution in [3.05, 3.63) is 47.7 Å². The lowest BCUT2D eigenvalue weighted by atomic mass is 10.1. The van der Waals surface area contributed by atoms with E-state index >= 15 is 0 Å². The number of aromatic nitrogens is 1. The van der Waals surface area contributed by atoms with Gasteiger partial charge in [0.15, 0.2) is 3.95 Å². The van der Waals surface area contributed by atoms with E-state index in [4.69, 9.17) is 17.0 Å². The number of esters is 1. The van der Waals surface area contributed by atoms with Crippen LogP contribution < -0.4 is 10.6 Å². The Morgan fingerprint density at radius 1 is 1.48 bits per heavy atom. The summed E-state index contributed by atoms with van der Waals surface area (Å²) in [5.41, 5.74) is -0.190. The number of non-ortho nitro benzene ring substituents is 1. The van der Waals surface area contributed by atoms with Gasteiger partial charge in [0.1, 0.15) is 11.4 Å². The van der Waals surface area contributed by atoms with Crippen LogP contribution in [0.15, 0.2) is 23.2 Å². The Morgan fingerprint density at radius 3 is 2.89 bits per heavy atom. The molecule has 2 aromatic rings. The highest BCUT2D eigenvalue weighted by Gasteiger charge is 2.27. The second kappa shape index (κ2) is 7.37. The number of rotatable bonds is 6. The predicted octanol–water partition coefficient (Wildman–Crippen LogP) is 1.20. The van der Waals surface area contributed by atoms with Gasteiger partial charge in [-0.2, -0.15) is 0 Å². The number of nitro groups is 1. The van der Waals surface area contributed by atoms with Gasteiger partial charge in [0.2, 0.25) is 5.88 Å². The number of thiazole rings is 1. The van der Waals surface area contributed by atoms with Crippen molar-refractivity contribution >= 4 is 46.7 Å². The fourth-order valence-corrected chi connectivity index (χ4v) is 3.86. The molecule has 3 rings (SSSR count). The molecule has 2 heterocycles. The fraction of sp³-hybridized carbons (Fsp3) is 0.250. The third-order valence-electron chi connectivity index (χ3n) is 3.75. The molecule has 0 atom stereocenters. The Labute approximate surface area is 161 Å². The number of amides is 1. The lowest BCUT2D eigenvalue weighted by molar-refractivity contribution is -0.385. The van der Waals surface area contributed by atoms with E-state index in [0.717, 1.165) is 15.9 Å². The summed E-state index contributed by atoms with van der Waals surface area (Å²) in [6.45, 7) is 1.79. The van der Waals surface area contributed by atoms with E-state index in [-0.39, 0.29) is 49.7 Å². The predicted molar refractivity (Wildman–Crippen MR) is 97.5 cm³/mol. The molecular weight excluding hydrogens is 394 g/mol. The molecule has 11 heteroatoms. The summed E-state index contributed by atoms with van der Waals surface area (Å²) < 4.78 is 6.30. The number of hydrogen-bond acceptors (Lipinski definition) is 8. The number of carbonyl (C=O) groups is 2. The van der Waals surface area contributed by atoms with E-state index in [0.29, 0.717) is 6.42 Å². The molecule has 9 nitrogen and oxygen atoms in total. The van der Waals surface area contributed by atoms with Crippen LogP contribution >= 0.6 is 23.6 Å². The highest BCUT2D eigenvalue weighted by Crippen LogP contribution is 2.32. The van der Waals surface area contributed by atoms with Crippen LogP contribution in [0, 0.1) is 14.1 Å². The van der Waals surface area contributed by atoms with Crippen molar-refractivity contribution in [2.24, 2.45) is 4.99 Å². The average molecular weight is 407 g/mol. The van der Waals surface area contributed by atoms with Gasteiger partial charge in [-0.05, 0) is 24.7 Å². The summed E-state index contributed by atoms with van der Waals surface area (Å²) in [4.78, 5) is 38.6. The van der Waals surface area contributed by atoms with Gasteiger partial charge in [-0.3, -0.25) is 24.3 Å². The molecule has 0 aliphatic carbocycles. The average Bonchev–Trinajstić information content (AvgIpc) is 3.09. The van der Waals surface area contributed by atoms with E-state index in [9.17, 15) is 24.8 Å². The first-order valence-electron chi connectivity index (χ1n) is 7.84. The SMILES string of the molecule is CCCOC(=O)Cn1c(O)c(C2=c3cc([N+](=O)[O-])ccc3=NC2=O)sc1=S. The first kappa shape index (κ1) is 18.9.